The topological polar surface area (TPSA) is 50.9 Å². The maximum absolute atomic E-state index is 5.67. The van der Waals surface area contributed by atoms with Crippen LogP contribution in [0.2, 0.25) is 0 Å². The zero-order chi connectivity index (χ0) is 12.5. The van der Waals surface area contributed by atoms with Crippen LogP contribution in [-0.2, 0) is 0 Å². The molecule has 1 aromatic carbocycles. The van der Waals surface area contributed by atoms with E-state index in [1.165, 1.54) is 5.56 Å². The third-order valence-corrected chi connectivity index (χ3v) is 3.81. The lowest BCUT2D eigenvalue weighted by atomic mass is 10.1. The molecule has 0 amide bonds. The molecule has 0 aliphatic heterocycles. The van der Waals surface area contributed by atoms with Gasteiger partial charge in [-0.15, -0.1) is 0 Å². The van der Waals surface area contributed by atoms with Crippen LogP contribution in [0, 0.1) is 0 Å². The Labute approximate surface area is 115 Å². The van der Waals surface area contributed by atoms with Crippen molar-refractivity contribution in [1.29, 1.82) is 0 Å². The highest BCUT2D eigenvalue weighted by atomic mass is 79.9. The molecule has 0 saturated heterocycles. The Morgan fingerprint density at radius 1 is 1.28 bits per heavy atom. The molecule has 1 heterocycles. The molecule has 2 atom stereocenters. The van der Waals surface area contributed by atoms with Gasteiger partial charge in [0.25, 0.3) is 0 Å². The van der Waals surface area contributed by atoms with Gasteiger partial charge >= 0.3 is 0 Å². The van der Waals surface area contributed by atoms with E-state index in [9.17, 15) is 0 Å². The van der Waals surface area contributed by atoms with Crippen LogP contribution in [0.25, 0.3) is 0 Å². The summed E-state index contributed by atoms with van der Waals surface area (Å²) in [4.78, 5) is 4.30. The van der Waals surface area contributed by atoms with E-state index in [1.807, 2.05) is 12.1 Å². The molecule has 1 aromatic heterocycles. The first kappa shape index (κ1) is 11.5. The number of nitrogens with two attached hydrogens (primary N) is 1. The Balaban J connectivity index is 1.69. The summed E-state index contributed by atoms with van der Waals surface area (Å²) in [6.45, 7) is 0. The summed E-state index contributed by atoms with van der Waals surface area (Å²) in [5, 5.41) is 3.45. The first-order valence-corrected chi connectivity index (χ1v) is 6.76. The molecule has 92 valence electrons. The average molecular weight is 304 g/mol. The minimum atomic E-state index is 0.472. The smallest absolute Gasteiger partial charge is 0.140 e. The standard InChI is InChI=1S/C14H14BrN3/c15-12-6-10(16)8-17-14(12)18-13-7-11(13)9-4-2-1-3-5-9/h1-6,8,11,13H,7,16H2,(H,17,18). The van der Waals surface area contributed by atoms with Gasteiger partial charge in [-0.05, 0) is 34.0 Å². The fourth-order valence-corrected chi connectivity index (χ4v) is 2.64. The van der Waals surface area contributed by atoms with Crippen molar-refractivity contribution in [2.24, 2.45) is 0 Å². The molecule has 18 heavy (non-hydrogen) atoms. The van der Waals surface area contributed by atoms with Crippen molar-refractivity contribution in [3.05, 3.63) is 52.6 Å². The van der Waals surface area contributed by atoms with Gasteiger partial charge in [0.05, 0.1) is 16.4 Å². The molecular weight excluding hydrogens is 290 g/mol. The molecular formula is C14H14BrN3. The van der Waals surface area contributed by atoms with Crippen LogP contribution in [0.5, 0.6) is 0 Å². The number of pyridine rings is 1. The second-order valence-corrected chi connectivity index (χ2v) is 5.46. The average Bonchev–Trinajstić information content (AvgIpc) is 3.13. The number of hydrogen-bond acceptors (Lipinski definition) is 3. The monoisotopic (exact) mass is 303 g/mol. The van der Waals surface area contributed by atoms with Crippen LogP contribution in [0.1, 0.15) is 17.9 Å². The van der Waals surface area contributed by atoms with Crippen molar-refractivity contribution in [2.75, 3.05) is 11.1 Å². The third-order valence-electron chi connectivity index (χ3n) is 3.20. The maximum atomic E-state index is 5.67. The highest BCUT2D eigenvalue weighted by molar-refractivity contribution is 9.10. The van der Waals surface area contributed by atoms with Gasteiger partial charge in [0.2, 0.25) is 0 Å². The van der Waals surface area contributed by atoms with Crippen LogP contribution in [-0.4, -0.2) is 11.0 Å². The summed E-state index contributed by atoms with van der Waals surface area (Å²) in [6.07, 6.45) is 2.83. The van der Waals surface area contributed by atoms with Crippen molar-refractivity contribution in [3.8, 4) is 0 Å². The van der Waals surface area contributed by atoms with Crippen molar-refractivity contribution < 1.29 is 0 Å². The van der Waals surface area contributed by atoms with Crippen molar-refractivity contribution in [3.63, 3.8) is 0 Å². The van der Waals surface area contributed by atoms with E-state index in [2.05, 4.69) is 50.5 Å². The van der Waals surface area contributed by atoms with Crippen LogP contribution < -0.4 is 11.1 Å². The number of nitrogens with one attached hydrogen (secondary N) is 1. The number of halogens is 1. The number of hydrogen-bond donors (Lipinski definition) is 2. The molecule has 0 bridgehead atoms. The normalized spacial score (nSPS) is 21.6. The summed E-state index contributed by atoms with van der Waals surface area (Å²) in [6, 6.07) is 12.9. The van der Waals surface area contributed by atoms with Crippen LogP contribution >= 0.6 is 15.9 Å². The summed E-state index contributed by atoms with van der Waals surface area (Å²) in [5.41, 5.74) is 7.73. The predicted molar refractivity (Wildman–Crippen MR) is 77.6 cm³/mol. The minimum absolute atomic E-state index is 0.472. The zero-order valence-corrected chi connectivity index (χ0v) is 11.4. The second kappa shape index (κ2) is 4.61. The fraction of sp³-hybridized carbons (Fsp3) is 0.214. The summed E-state index contributed by atoms with van der Waals surface area (Å²) in [5.74, 6) is 1.46. The van der Waals surface area contributed by atoms with Gasteiger partial charge in [0, 0.05) is 12.0 Å². The highest BCUT2D eigenvalue weighted by Gasteiger charge is 2.38. The lowest BCUT2D eigenvalue weighted by molar-refractivity contribution is 1.03. The summed E-state index contributed by atoms with van der Waals surface area (Å²) < 4.78 is 0.918. The first-order valence-electron chi connectivity index (χ1n) is 5.96. The Morgan fingerprint density at radius 2 is 2.06 bits per heavy atom. The number of anilines is 2. The number of benzene rings is 1. The van der Waals surface area contributed by atoms with Crippen LogP contribution in [0.15, 0.2) is 47.1 Å². The molecule has 1 saturated carbocycles. The predicted octanol–water partition coefficient (Wildman–Crippen LogP) is 3.39. The Hall–Kier alpha value is -1.55. The molecule has 3 nitrogen and oxygen atoms in total. The zero-order valence-electron chi connectivity index (χ0n) is 9.81. The molecule has 1 aliphatic rings. The molecule has 3 N–H and O–H groups in total. The van der Waals surface area contributed by atoms with E-state index in [1.54, 1.807) is 6.20 Å². The summed E-state index contributed by atoms with van der Waals surface area (Å²) in [7, 11) is 0. The lowest BCUT2D eigenvalue weighted by Gasteiger charge is -2.07. The Morgan fingerprint density at radius 3 is 2.78 bits per heavy atom. The van der Waals surface area contributed by atoms with Gasteiger partial charge in [-0.25, -0.2) is 4.98 Å². The molecule has 1 aliphatic carbocycles. The Kier molecular flexibility index (Phi) is 2.96. The number of nitrogens with zero attached hydrogens (tertiary/aromatic N) is 1. The molecule has 2 aromatic rings. The Bertz CT molecular complexity index is 556. The quantitative estimate of drug-likeness (QED) is 0.914. The minimum Gasteiger partial charge on any atom is -0.397 e. The van der Waals surface area contributed by atoms with E-state index < -0.39 is 0 Å². The third kappa shape index (κ3) is 2.34. The van der Waals surface area contributed by atoms with Gasteiger partial charge in [0.1, 0.15) is 5.82 Å². The molecule has 1 fully saturated rings. The van der Waals surface area contributed by atoms with Crippen LogP contribution in [0.4, 0.5) is 11.5 Å². The van der Waals surface area contributed by atoms with Gasteiger partial charge in [-0.3, -0.25) is 0 Å². The van der Waals surface area contributed by atoms with E-state index in [4.69, 9.17) is 5.73 Å². The van der Waals surface area contributed by atoms with Gasteiger partial charge in [-0.2, -0.15) is 0 Å². The maximum Gasteiger partial charge on any atom is 0.140 e. The van der Waals surface area contributed by atoms with E-state index >= 15 is 0 Å². The highest BCUT2D eigenvalue weighted by Crippen LogP contribution is 2.43. The second-order valence-electron chi connectivity index (χ2n) is 4.60. The SMILES string of the molecule is Nc1cnc(NC2CC2c2ccccc2)c(Br)c1. The van der Waals surface area contributed by atoms with E-state index in [-0.39, 0.29) is 0 Å². The van der Waals surface area contributed by atoms with Gasteiger partial charge in [-0.1, -0.05) is 30.3 Å². The van der Waals surface area contributed by atoms with Crippen molar-refractivity contribution in [1.82, 2.24) is 4.98 Å². The van der Waals surface area contributed by atoms with Gasteiger partial charge in [0.15, 0.2) is 0 Å². The fourth-order valence-electron chi connectivity index (χ4n) is 2.16. The molecule has 0 radical (unpaired) electrons. The largest absolute Gasteiger partial charge is 0.397 e. The molecule has 4 heteroatoms. The molecule has 2 unspecified atom stereocenters. The van der Waals surface area contributed by atoms with Crippen molar-refractivity contribution >= 4 is 27.4 Å². The molecule has 3 rings (SSSR count). The van der Waals surface area contributed by atoms with Crippen LogP contribution in [0.3, 0.4) is 0 Å². The summed E-state index contributed by atoms with van der Waals surface area (Å²) >= 11 is 3.47. The number of nitrogen functional groups attached to an aromatic ring is 1. The number of rotatable bonds is 3. The van der Waals surface area contributed by atoms with Crippen molar-refractivity contribution in [2.45, 2.75) is 18.4 Å². The lowest BCUT2D eigenvalue weighted by Crippen LogP contribution is -2.06. The number of aromatic nitrogens is 1. The first-order chi connectivity index (χ1) is 8.74. The van der Waals surface area contributed by atoms with Gasteiger partial charge < -0.3 is 11.1 Å². The van der Waals surface area contributed by atoms with E-state index in [0.29, 0.717) is 17.6 Å². The molecule has 0 spiro atoms. The van der Waals surface area contributed by atoms with E-state index in [0.717, 1.165) is 16.7 Å².